The summed E-state index contributed by atoms with van der Waals surface area (Å²) >= 11 is 0. The largest absolute Gasteiger partial charge is 0.373 e. The molecule has 0 saturated heterocycles. The topological polar surface area (TPSA) is 35.5 Å². The van der Waals surface area contributed by atoms with Crippen molar-refractivity contribution in [1.29, 1.82) is 0 Å². The van der Waals surface area contributed by atoms with E-state index in [0.29, 0.717) is 11.5 Å². The summed E-state index contributed by atoms with van der Waals surface area (Å²) in [5.74, 6) is 0.0435. The third-order valence-electron chi connectivity index (χ3n) is 4.96. The SMILES string of the molecule is CC(C)c1ccc(C(=O)OO[C]2CCCCCCCCCCC2)cc1. The molecule has 1 fully saturated rings. The zero-order valence-corrected chi connectivity index (χ0v) is 15.9. The molecule has 3 heteroatoms. The van der Waals surface area contributed by atoms with Gasteiger partial charge < -0.3 is 0 Å². The Bertz CT molecular complexity index is 480. The normalized spacial score (nSPS) is 18.4. The standard InChI is InChI=1S/C22H33O3/c1-18(2)19-14-16-20(17-15-19)22(23)25-24-21-12-10-8-6-4-3-5-7-9-11-13-21/h14-18H,3-13H2,1-2H3. The average molecular weight is 346 g/mol. The molecular formula is C22H33O3. The maximum absolute atomic E-state index is 12.2. The summed E-state index contributed by atoms with van der Waals surface area (Å²) in [4.78, 5) is 22.7. The third kappa shape index (κ3) is 7.60. The predicted molar refractivity (Wildman–Crippen MR) is 101 cm³/mol. The molecule has 2 rings (SSSR count). The molecule has 0 spiro atoms. The Morgan fingerprint density at radius 2 is 1.28 bits per heavy atom. The van der Waals surface area contributed by atoms with E-state index >= 15 is 0 Å². The van der Waals surface area contributed by atoms with E-state index in [1.165, 1.54) is 50.5 Å². The van der Waals surface area contributed by atoms with Crippen LogP contribution in [0.15, 0.2) is 24.3 Å². The van der Waals surface area contributed by atoms with E-state index in [-0.39, 0.29) is 0 Å². The molecule has 0 bridgehead atoms. The van der Waals surface area contributed by atoms with Crippen LogP contribution >= 0.6 is 0 Å². The number of rotatable bonds is 4. The predicted octanol–water partition coefficient (Wildman–Crippen LogP) is 6.74. The Balaban J connectivity index is 1.80. The van der Waals surface area contributed by atoms with Crippen LogP contribution in [0.1, 0.15) is 106 Å². The Morgan fingerprint density at radius 1 is 0.800 bits per heavy atom. The molecule has 0 unspecified atom stereocenters. The van der Waals surface area contributed by atoms with Crippen molar-refractivity contribution < 1.29 is 14.6 Å². The first-order valence-corrected chi connectivity index (χ1v) is 10.0. The van der Waals surface area contributed by atoms with Gasteiger partial charge in [-0.25, -0.2) is 4.79 Å². The zero-order valence-electron chi connectivity index (χ0n) is 15.9. The van der Waals surface area contributed by atoms with Gasteiger partial charge in [-0.3, -0.25) is 4.89 Å². The molecule has 0 heterocycles. The van der Waals surface area contributed by atoms with Gasteiger partial charge in [0, 0.05) is 0 Å². The minimum atomic E-state index is -0.408. The van der Waals surface area contributed by atoms with Crippen molar-refractivity contribution in [3.8, 4) is 0 Å². The van der Waals surface area contributed by atoms with E-state index in [1.807, 2.05) is 24.3 Å². The molecule has 0 aromatic heterocycles. The molecule has 3 nitrogen and oxygen atoms in total. The molecule has 1 aromatic rings. The molecule has 1 aliphatic carbocycles. The molecule has 1 radical (unpaired) electrons. The van der Waals surface area contributed by atoms with Crippen LogP contribution in [-0.2, 0) is 9.78 Å². The summed E-state index contributed by atoms with van der Waals surface area (Å²) in [6.07, 6.45) is 14.1. The smallest absolute Gasteiger partial charge is 0.292 e. The van der Waals surface area contributed by atoms with Crippen molar-refractivity contribution in [2.75, 3.05) is 0 Å². The Hall–Kier alpha value is -1.35. The monoisotopic (exact) mass is 345 g/mol. The van der Waals surface area contributed by atoms with Gasteiger partial charge >= 0.3 is 5.97 Å². The highest BCUT2D eigenvalue weighted by Gasteiger charge is 2.16. The highest BCUT2D eigenvalue weighted by molar-refractivity contribution is 5.88. The fourth-order valence-corrected chi connectivity index (χ4v) is 3.24. The molecule has 139 valence electrons. The van der Waals surface area contributed by atoms with Gasteiger partial charge in [0.15, 0.2) is 0 Å². The number of carbonyl (C=O) groups is 1. The lowest BCUT2D eigenvalue weighted by atomic mass is 9.99. The molecule has 1 aromatic carbocycles. The third-order valence-corrected chi connectivity index (χ3v) is 4.96. The maximum Gasteiger partial charge on any atom is 0.373 e. The molecular weight excluding hydrogens is 312 g/mol. The molecule has 0 aliphatic heterocycles. The summed E-state index contributed by atoms with van der Waals surface area (Å²) < 4.78 is 0. The summed E-state index contributed by atoms with van der Waals surface area (Å²) in [6.45, 7) is 4.27. The summed E-state index contributed by atoms with van der Waals surface area (Å²) in [6, 6.07) is 7.58. The van der Waals surface area contributed by atoms with Crippen LogP contribution in [0, 0.1) is 6.10 Å². The van der Waals surface area contributed by atoms with Crippen LogP contribution in [0.2, 0.25) is 0 Å². The first-order valence-electron chi connectivity index (χ1n) is 10.0. The maximum atomic E-state index is 12.2. The van der Waals surface area contributed by atoms with Crippen molar-refractivity contribution in [3.05, 3.63) is 41.5 Å². The van der Waals surface area contributed by atoms with Crippen LogP contribution < -0.4 is 0 Å². The van der Waals surface area contributed by atoms with Crippen LogP contribution in [0.3, 0.4) is 0 Å². The van der Waals surface area contributed by atoms with Crippen LogP contribution in [0.5, 0.6) is 0 Å². The Morgan fingerprint density at radius 3 is 1.76 bits per heavy atom. The van der Waals surface area contributed by atoms with Crippen molar-refractivity contribution in [2.45, 2.75) is 90.4 Å². The zero-order chi connectivity index (χ0) is 17.9. The molecule has 0 amide bonds. The van der Waals surface area contributed by atoms with Gasteiger partial charge in [-0.2, -0.15) is 4.89 Å². The summed E-state index contributed by atoms with van der Waals surface area (Å²) in [5.41, 5.74) is 1.75. The van der Waals surface area contributed by atoms with Crippen molar-refractivity contribution in [1.82, 2.24) is 0 Å². The second-order valence-electron chi connectivity index (χ2n) is 7.45. The van der Waals surface area contributed by atoms with Crippen molar-refractivity contribution >= 4 is 5.97 Å². The van der Waals surface area contributed by atoms with Crippen LogP contribution in [0.4, 0.5) is 0 Å². The summed E-state index contributed by atoms with van der Waals surface area (Å²) in [7, 11) is 0. The van der Waals surface area contributed by atoms with E-state index in [9.17, 15) is 4.79 Å². The lowest BCUT2D eigenvalue weighted by molar-refractivity contribution is -0.237. The minimum Gasteiger partial charge on any atom is -0.292 e. The number of benzene rings is 1. The summed E-state index contributed by atoms with van der Waals surface area (Å²) in [5, 5.41) is 0. The second kappa shape index (κ2) is 11.3. The van der Waals surface area contributed by atoms with E-state index in [2.05, 4.69) is 13.8 Å². The van der Waals surface area contributed by atoms with Gasteiger partial charge in [-0.15, -0.1) is 0 Å². The fourth-order valence-electron chi connectivity index (χ4n) is 3.24. The van der Waals surface area contributed by atoms with E-state index in [0.717, 1.165) is 31.8 Å². The van der Waals surface area contributed by atoms with Crippen LogP contribution in [-0.4, -0.2) is 5.97 Å². The number of hydrogen-bond donors (Lipinski definition) is 0. The van der Waals surface area contributed by atoms with Gasteiger partial charge in [0.05, 0.1) is 5.56 Å². The molecule has 1 saturated carbocycles. The fraction of sp³-hybridized carbons (Fsp3) is 0.636. The average Bonchev–Trinajstić information content (AvgIpc) is 2.61. The molecule has 0 atom stereocenters. The van der Waals surface area contributed by atoms with E-state index in [1.54, 1.807) is 0 Å². The lowest BCUT2D eigenvalue weighted by Crippen LogP contribution is -2.11. The Labute approximate surface area is 153 Å². The van der Waals surface area contributed by atoms with Gasteiger partial charge in [-0.1, -0.05) is 83.8 Å². The Kier molecular flexibility index (Phi) is 9.03. The highest BCUT2D eigenvalue weighted by Crippen LogP contribution is 2.24. The molecule has 1 aliphatic rings. The van der Waals surface area contributed by atoms with Gasteiger partial charge in [0.1, 0.15) is 6.10 Å². The first-order chi connectivity index (χ1) is 12.2. The van der Waals surface area contributed by atoms with Gasteiger partial charge in [0.2, 0.25) is 0 Å². The van der Waals surface area contributed by atoms with Crippen molar-refractivity contribution in [3.63, 3.8) is 0 Å². The number of carbonyl (C=O) groups excluding carboxylic acids is 1. The van der Waals surface area contributed by atoms with Gasteiger partial charge in [-0.05, 0) is 36.5 Å². The minimum absolute atomic E-state index is 0.408. The lowest BCUT2D eigenvalue weighted by Gasteiger charge is -2.16. The van der Waals surface area contributed by atoms with E-state index < -0.39 is 5.97 Å². The van der Waals surface area contributed by atoms with Crippen LogP contribution in [0.25, 0.3) is 0 Å². The quantitative estimate of drug-likeness (QED) is 0.448. The van der Waals surface area contributed by atoms with Gasteiger partial charge in [0.25, 0.3) is 0 Å². The second-order valence-corrected chi connectivity index (χ2v) is 7.45. The number of hydrogen-bond acceptors (Lipinski definition) is 3. The highest BCUT2D eigenvalue weighted by atomic mass is 17.2. The van der Waals surface area contributed by atoms with E-state index in [4.69, 9.17) is 9.78 Å². The molecule has 0 N–H and O–H groups in total. The first kappa shape index (κ1) is 20.0. The van der Waals surface area contributed by atoms with Crippen molar-refractivity contribution in [2.24, 2.45) is 0 Å². The molecule has 25 heavy (non-hydrogen) atoms.